The van der Waals surface area contributed by atoms with Gasteiger partial charge in [0, 0.05) is 25.3 Å². The second-order valence-corrected chi connectivity index (χ2v) is 5.32. The van der Waals surface area contributed by atoms with Gasteiger partial charge in [-0.25, -0.2) is 0 Å². The van der Waals surface area contributed by atoms with Gasteiger partial charge in [0.1, 0.15) is 5.75 Å². The van der Waals surface area contributed by atoms with Crippen molar-refractivity contribution in [1.29, 1.82) is 0 Å². The van der Waals surface area contributed by atoms with E-state index in [2.05, 4.69) is 43.1 Å². The number of hydrogen-bond donors (Lipinski definition) is 1. The van der Waals surface area contributed by atoms with E-state index in [0.29, 0.717) is 6.61 Å². The van der Waals surface area contributed by atoms with Crippen molar-refractivity contribution in [2.75, 3.05) is 25.1 Å². The molecular weight excluding hydrogens is 260 g/mol. The number of aryl methyl sites for hydroxylation is 1. The molecule has 0 fully saturated rings. The molecule has 2 N–H and O–H groups in total. The van der Waals surface area contributed by atoms with E-state index < -0.39 is 0 Å². The maximum absolute atomic E-state index is 6.30. The van der Waals surface area contributed by atoms with Crippen molar-refractivity contribution < 1.29 is 4.74 Å². The highest BCUT2D eigenvalue weighted by Gasteiger charge is 2.10. The minimum Gasteiger partial charge on any atom is -0.494 e. The molecule has 0 spiro atoms. The van der Waals surface area contributed by atoms with E-state index in [9.17, 15) is 0 Å². The molecule has 0 aliphatic carbocycles. The van der Waals surface area contributed by atoms with Gasteiger partial charge in [-0.05, 0) is 43.7 Å². The van der Waals surface area contributed by atoms with Crippen LogP contribution in [0.25, 0.3) is 0 Å². The lowest BCUT2D eigenvalue weighted by atomic mass is 10.1. The summed E-state index contributed by atoms with van der Waals surface area (Å²) in [5.74, 6) is 0.889. The number of likely N-dealkylation sites (N-methyl/N-ethyl adjacent to an activating group) is 1. The lowest BCUT2D eigenvalue weighted by Gasteiger charge is -2.24. The van der Waals surface area contributed by atoms with Gasteiger partial charge in [-0.15, -0.1) is 0 Å². The number of nitrogens with two attached hydrogens (primary N) is 1. The standard InChI is InChI=1S/C18H24N2O/c1-4-21-17-11-7-15(8-12-17)18(19)13-20(3)16-9-5-14(2)6-10-16/h5-12,18H,4,13,19H2,1-3H3. The highest BCUT2D eigenvalue weighted by molar-refractivity contribution is 5.47. The summed E-state index contributed by atoms with van der Waals surface area (Å²) in [5, 5.41) is 0. The first kappa shape index (κ1) is 15.4. The van der Waals surface area contributed by atoms with Crippen LogP contribution < -0.4 is 15.4 Å². The van der Waals surface area contributed by atoms with Gasteiger partial charge in [0.05, 0.1) is 6.61 Å². The molecule has 1 atom stereocenters. The summed E-state index contributed by atoms with van der Waals surface area (Å²) in [7, 11) is 2.07. The van der Waals surface area contributed by atoms with Crippen LogP contribution in [0.5, 0.6) is 5.75 Å². The van der Waals surface area contributed by atoms with Crippen LogP contribution in [0.1, 0.15) is 24.1 Å². The predicted octanol–water partition coefficient (Wildman–Crippen LogP) is 3.53. The molecule has 0 aliphatic heterocycles. The molecule has 0 radical (unpaired) electrons. The van der Waals surface area contributed by atoms with Crippen LogP contribution >= 0.6 is 0 Å². The zero-order valence-corrected chi connectivity index (χ0v) is 13.0. The number of benzene rings is 2. The van der Waals surface area contributed by atoms with Crippen molar-refractivity contribution in [1.82, 2.24) is 0 Å². The van der Waals surface area contributed by atoms with E-state index in [1.807, 2.05) is 31.2 Å². The SMILES string of the molecule is CCOc1ccc(C(N)CN(C)c2ccc(C)cc2)cc1. The lowest BCUT2D eigenvalue weighted by Crippen LogP contribution is -2.28. The summed E-state index contributed by atoms with van der Waals surface area (Å²) in [6, 6.07) is 16.5. The van der Waals surface area contributed by atoms with Gasteiger partial charge in [-0.3, -0.25) is 0 Å². The Kier molecular flexibility index (Phi) is 5.23. The molecule has 3 nitrogen and oxygen atoms in total. The first-order valence-electron chi connectivity index (χ1n) is 7.36. The molecule has 2 aromatic rings. The second-order valence-electron chi connectivity index (χ2n) is 5.32. The molecule has 0 saturated carbocycles. The molecule has 0 amide bonds. The summed E-state index contributed by atoms with van der Waals surface area (Å²) in [5.41, 5.74) is 9.88. The van der Waals surface area contributed by atoms with Gasteiger partial charge < -0.3 is 15.4 Å². The zero-order valence-electron chi connectivity index (χ0n) is 13.0. The Morgan fingerprint density at radius 2 is 1.67 bits per heavy atom. The molecule has 1 unspecified atom stereocenters. The first-order valence-corrected chi connectivity index (χ1v) is 7.36. The third-order valence-corrected chi connectivity index (χ3v) is 3.56. The fraction of sp³-hybridized carbons (Fsp3) is 0.333. The largest absolute Gasteiger partial charge is 0.494 e. The monoisotopic (exact) mass is 284 g/mol. The van der Waals surface area contributed by atoms with Gasteiger partial charge in [0.15, 0.2) is 0 Å². The summed E-state index contributed by atoms with van der Waals surface area (Å²) in [4.78, 5) is 2.18. The van der Waals surface area contributed by atoms with Gasteiger partial charge in [-0.2, -0.15) is 0 Å². The third kappa shape index (κ3) is 4.23. The summed E-state index contributed by atoms with van der Waals surface area (Å²) in [6.07, 6.45) is 0. The Labute approximate surface area is 127 Å². The van der Waals surface area contributed by atoms with Crippen LogP contribution in [-0.2, 0) is 0 Å². The van der Waals surface area contributed by atoms with Crippen LogP contribution in [0.3, 0.4) is 0 Å². The average molecular weight is 284 g/mol. The van der Waals surface area contributed by atoms with Crippen LogP contribution in [0.4, 0.5) is 5.69 Å². The Morgan fingerprint density at radius 3 is 2.24 bits per heavy atom. The molecule has 0 heterocycles. The number of rotatable bonds is 6. The zero-order chi connectivity index (χ0) is 15.2. The molecule has 0 saturated heterocycles. The molecule has 112 valence electrons. The molecule has 0 bridgehead atoms. The molecular formula is C18H24N2O. The summed E-state index contributed by atoms with van der Waals surface area (Å²) >= 11 is 0. The van der Waals surface area contributed by atoms with E-state index in [1.165, 1.54) is 11.3 Å². The predicted molar refractivity (Wildman–Crippen MR) is 89.0 cm³/mol. The van der Waals surface area contributed by atoms with Crippen LogP contribution in [0.2, 0.25) is 0 Å². The Hall–Kier alpha value is -2.00. The first-order chi connectivity index (χ1) is 10.1. The summed E-state index contributed by atoms with van der Waals surface area (Å²) < 4.78 is 5.45. The van der Waals surface area contributed by atoms with Crippen molar-refractivity contribution in [3.63, 3.8) is 0 Å². The Bertz CT molecular complexity index is 548. The van der Waals surface area contributed by atoms with Gasteiger partial charge >= 0.3 is 0 Å². The average Bonchev–Trinajstić information content (AvgIpc) is 2.49. The fourth-order valence-corrected chi connectivity index (χ4v) is 2.28. The van der Waals surface area contributed by atoms with E-state index in [4.69, 9.17) is 10.5 Å². The molecule has 0 aliphatic rings. The molecule has 3 heteroatoms. The number of hydrogen-bond acceptors (Lipinski definition) is 3. The molecule has 0 aromatic heterocycles. The molecule has 21 heavy (non-hydrogen) atoms. The van der Waals surface area contributed by atoms with Gasteiger partial charge in [-0.1, -0.05) is 29.8 Å². The molecule has 2 rings (SSSR count). The highest BCUT2D eigenvalue weighted by Crippen LogP contribution is 2.20. The van der Waals surface area contributed by atoms with Crippen molar-refractivity contribution in [3.05, 3.63) is 59.7 Å². The highest BCUT2D eigenvalue weighted by atomic mass is 16.5. The van der Waals surface area contributed by atoms with Crippen LogP contribution in [0.15, 0.2) is 48.5 Å². The van der Waals surface area contributed by atoms with Gasteiger partial charge in [0.25, 0.3) is 0 Å². The topological polar surface area (TPSA) is 38.5 Å². The number of nitrogens with zero attached hydrogens (tertiary/aromatic N) is 1. The number of anilines is 1. The number of ether oxygens (including phenoxy) is 1. The van der Waals surface area contributed by atoms with E-state index in [1.54, 1.807) is 0 Å². The fourth-order valence-electron chi connectivity index (χ4n) is 2.28. The van der Waals surface area contributed by atoms with Crippen LogP contribution in [-0.4, -0.2) is 20.2 Å². The Morgan fingerprint density at radius 1 is 1.05 bits per heavy atom. The van der Waals surface area contributed by atoms with E-state index in [0.717, 1.165) is 17.9 Å². The maximum atomic E-state index is 6.30. The van der Waals surface area contributed by atoms with Crippen molar-refractivity contribution in [2.45, 2.75) is 19.9 Å². The smallest absolute Gasteiger partial charge is 0.119 e. The minimum atomic E-state index is -0.0213. The lowest BCUT2D eigenvalue weighted by molar-refractivity contribution is 0.340. The quantitative estimate of drug-likeness (QED) is 0.882. The summed E-state index contributed by atoms with van der Waals surface area (Å²) in [6.45, 7) is 5.53. The van der Waals surface area contributed by atoms with Gasteiger partial charge in [0.2, 0.25) is 0 Å². The van der Waals surface area contributed by atoms with Crippen molar-refractivity contribution in [2.24, 2.45) is 5.73 Å². The maximum Gasteiger partial charge on any atom is 0.119 e. The Balaban J connectivity index is 1.99. The van der Waals surface area contributed by atoms with E-state index in [-0.39, 0.29) is 6.04 Å². The second kappa shape index (κ2) is 7.14. The molecule has 2 aromatic carbocycles. The van der Waals surface area contributed by atoms with E-state index >= 15 is 0 Å². The van der Waals surface area contributed by atoms with Crippen molar-refractivity contribution in [3.8, 4) is 5.75 Å². The van der Waals surface area contributed by atoms with Crippen molar-refractivity contribution >= 4 is 5.69 Å². The minimum absolute atomic E-state index is 0.0213. The third-order valence-electron chi connectivity index (χ3n) is 3.56. The van der Waals surface area contributed by atoms with Crippen LogP contribution in [0, 0.1) is 6.92 Å². The normalized spacial score (nSPS) is 12.0.